The first-order chi connectivity index (χ1) is 13.5. The highest BCUT2D eigenvalue weighted by Gasteiger charge is 2.29. The molecule has 1 aromatic heterocycles. The molecule has 2 amide bonds. The van der Waals surface area contributed by atoms with Crippen molar-refractivity contribution in [3.05, 3.63) is 51.5 Å². The molecular weight excluding hydrogens is 374 g/mol. The highest BCUT2D eigenvalue weighted by molar-refractivity contribution is 7.13. The molecule has 3 N–H and O–H groups in total. The van der Waals surface area contributed by atoms with Crippen molar-refractivity contribution in [1.29, 1.82) is 0 Å². The molecule has 6 nitrogen and oxygen atoms in total. The first-order valence-electron chi connectivity index (χ1n) is 9.69. The summed E-state index contributed by atoms with van der Waals surface area (Å²) in [5.41, 5.74) is 1.67. The van der Waals surface area contributed by atoms with E-state index in [1.54, 1.807) is 0 Å². The number of carbonyl (C=O) groups excluding carboxylic acids is 2. The lowest BCUT2D eigenvalue weighted by Crippen LogP contribution is -2.42. The van der Waals surface area contributed by atoms with Crippen LogP contribution in [0.3, 0.4) is 0 Å². The second-order valence-electron chi connectivity index (χ2n) is 7.32. The summed E-state index contributed by atoms with van der Waals surface area (Å²) in [5, 5.41) is 16.6. The Morgan fingerprint density at radius 2 is 1.86 bits per heavy atom. The number of carbonyl (C=O) groups is 2. The number of hydrogen-bond acceptors (Lipinski definition) is 5. The normalized spacial score (nSPS) is 20.4. The molecular formula is C21H27N3O3S. The number of benzene rings is 1. The maximum absolute atomic E-state index is 12.6. The van der Waals surface area contributed by atoms with Gasteiger partial charge in [-0.1, -0.05) is 30.3 Å². The van der Waals surface area contributed by atoms with Gasteiger partial charge < -0.3 is 15.7 Å². The topological polar surface area (TPSA) is 91.3 Å². The van der Waals surface area contributed by atoms with E-state index in [1.807, 2.05) is 44.2 Å². The summed E-state index contributed by atoms with van der Waals surface area (Å²) < 4.78 is 0. The number of aryl methyl sites for hydroxylation is 2. The summed E-state index contributed by atoms with van der Waals surface area (Å²) in [6.45, 7) is 3.62. The lowest BCUT2D eigenvalue weighted by molar-refractivity contribution is -0.127. The van der Waals surface area contributed by atoms with E-state index in [-0.39, 0.29) is 36.4 Å². The molecule has 0 bridgehead atoms. The number of rotatable bonds is 6. The Labute approximate surface area is 169 Å². The predicted octanol–water partition coefficient (Wildman–Crippen LogP) is 2.90. The van der Waals surface area contributed by atoms with Crippen LogP contribution in [0.1, 0.15) is 57.7 Å². The van der Waals surface area contributed by atoms with Gasteiger partial charge in [0.2, 0.25) is 5.91 Å². The van der Waals surface area contributed by atoms with Gasteiger partial charge in [-0.15, -0.1) is 11.3 Å². The van der Waals surface area contributed by atoms with Gasteiger partial charge in [0.1, 0.15) is 4.88 Å². The van der Waals surface area contributed by atoms with E-state index >= 15 is 0 Å². The zero-order valence-corrected chi connectivity index (χ0v) is 17.1. The second-order valence-corrected chi connectivity index (χ2v) is 8.53. The summed E-state index contributed by atoms with van der Waals surface area (Å²) in [7, 11) is 0. The standard InChI is InChI=1S/C21H27N3O3S/c1-13-19(28-14(2)22-13)21(27)23-17-10-8-16(9-11-17)20(26)24-18(12-25)15-6-4-3-5-7-15/h3-7,16-18,25H,8-12H2,1-2H3,(H,23,27)(H,24,26). The van der Waals surface area contributed by atoms with Crippen LogP contribution >= 0.6 is 11.3 Å². The molecule has 1 atom stereocenters. The van der Waals surface area contributed by atoms with Crippen molar-refractivity contribution in [2.45, 2.75) is 51.6 Å². The Kier molecular flexibility index (Phi) is 6.80. The van der Waals surface area contributed by atoms with Crippen LogP contribution in [0.5, 0.6) is 0 Å². The van der Waals surface area contributed by atoms with Crippen LogP contribution in [-0.4, -0.2) is 34.6 Å². The maximum atomic E-state index is 12.6. The van der Waals surface area contributed by atoms with Crippen molar-refractivity contribution in [3.8, 4) is 0 Å². The lowest BCUT2D eigenvalue weighted by atomic mass is 9.85. The van der Waals surface area contributed by atoms with Gasteiger partial charge in [0.05, 0.1) is 23.4 Å². The average Bonchev–Trinajstić information content (AvgIpc) is 3.05. The quantitative estimate of drug-likeness (QED) is 0.694. The smallest absolute Gasteiger partial charge is 0.263 e. The molecule has 2 aromatic rings. The fourth-order valence-corrected chi connectivity index (χ4v) is 4.53. The summed E-state index contributed by atoms with van der Waals surface area (Å²) in [6.07, 6.45) is 3.00. The summed E-state index contributed by atoms with van der Waals surface area (Å²) in [6, 6.07) is 9.19. The van der Waals surface area contributed by atoms with E-state index in [2.05, 4.69) is 15.6 Å². The number of aliphatic hydroxyl groups excluding tert-OH is 1. The van der Waals surface area contributed by atoms with Gasteiger partial charge in [-0.05, 0) is 45.1 Å². The van der Waals surface area contributed by atoms with E-state index in [1.165, 1.54) is 11.3 Å². The van der Waals surface area contributed by atoms with Crippen molar-refractivity contribution in [1.82, 2.24) is 15.6 Å². The number of amides is 2. The van der Waals surface area contributed by atoms with Gasteiger partial charge in [0.25, 0.3) is 5.91 Å². The molecule has 1 aliphatic rings. The molecule has 150 valence electrons. The zero-order valence-electron chi connectivity index (χ0n) is 16.3. The monoisotopic (exact) mass is 401 g/mol. The Hall–Kier alpha value is -2.25. The van der Waals surface area contributed by atoms with Gasteiger partial charge in [0, 0.05) is 12.0 Å². The van der Waals surface area contributed by atoms with Crippen LogP contribution in [0.2, 0.25) is 0 Å². The van der Waals surface area contributed by atoms with Crippen LogP contribution in [0.4, 0.5) is 0 Å². The Morgan fingerprint density at radius 1 is 1.18 bits per heavy atom. The van der Waals surface area contributed by atoms with Gasteiger partial charge in [-0.25, -0.2) is 4.98 Å². The van der Waals surface area contributed by atoms with Crippen LogP contribution in [-0.2, 0) is 4.79 Å². The molecule has 0 aliphatic heterocycles. The lowest BCUT2D eigenvalue weighted by Gasteiger charge is -2.29. The third kappa shape index (κ3) is 4.97. The minimum atomic E-state index is -0.385. The highest BCUT2D eigenvalue weighted by Crippen LogP contribution is 2.26. The molecule has 7 heteroatoms. The van der Waals surface area contributed by atoms with Gasteiger partial charge >= 0.3 is 0 Å². The second kappa shape index (κ2) is 9.30. The molecule has 0 saturated heterocycles. The molecule has 3 rings (SSSR count). The number of aromatic nitrogens is 1. The first kappa shape index (κ1) is 20.5. The predicted molar refractivity (Wildman–Crippen MR) is 109 cm³/mol. The van der Waals surface area contributed by atoms with Crippen molar-refractivity contribution < 1.29 is 14.7 Å². The molecule has 1 heterocycles. The molecule has 1 saturated carbocycles. The third-order valence-corrected chi connectivity index (χ3v) is 6.32. The largest absolute Gasteiger partial charge is 0.394 e. The Balaban J connectivity index is 1.50. The molecule has 0 spiro atoms. The number of thiazole rings is 1. The van der Waals surface area contributed by atoms with Crippen LogP contribution in [0.15, 0.2) is 30.3 Å². The molecule has 0 radical (unpaired) electrons. The van der Waals surface area contributed by atoms with E-state index in [9.17, 15) is 14.7 Å². The van der Waals surface area contributed by atoms with E-state index in [0.29, 0.717) is 4.88 Å². The minimum Gasteiger partial charge on any atom is -0.394 e. The van der Waals surface area contributed by atoms with Crippen LogP contribution in [0.25, 0.3) is 0 Å². The van der Waals surface area contributed by atoms with E-state index in [4.69, 9.17) is 0 Å². The van der Waals surface area contributed by atoms with Crippen molar-refractivity contribution in [2.24, 2.45) is 5.92 Å². The Morgan fingerprint density at radius 3 is 2.43 bits per heavy atom. The van der Waals surface area contributed by atoms with Gasteiger partial charge in [-0.3, -0.25) is 9.59 Å². The SMILES string of the molecule is Cc1nc(C)c(C(=O)NC2CCC(C(=O)NC(CO)c3ccccc3)CC2)s1. The average molecular weight is 402 g/mol. The zero-order chi connectivity index (χ0) is 20.1. The van der Waals surface area contributed by atoms with Crippen LogP contribution < -0.4 is 10.6 Å². The van der Waals surface area contributed by atoms with Crippen molar-refractivity contribution >= 4 is 23.2 Å². The van der Waals surface area contributed by atoms with Crippen molar-refractivity contribution in [3.63, 3.8) is 0 Å². The number of hydrogen-bond donors (Lipinski definition) is 3. The molecule has 1 aromatic carbocycles. The first-order valence-corrected chi connectivity index (χ1v) is 10.5. The third-order valence-electron chi connectivity index (χ3n) is 5.24. The number of aliphatic hydroxyl groups is 1. The molecule has 1 aliphatic carbocycles. The van der Waals surface area contributed by atoms with Crippen LogP contribution in [0, 0.1) is 19.8 Å². The highest BCUT2D eigenvalue weighted by atomic mass is 32.1. The van der Waals surface area contributed by atoms with E-state index < -0.39 is 0 Å². The Bertz CT molecular complexity index is 814. The van der Waals surface area contributed by atoms with Gasteiger partial charge in [-0.2, -0.15) is 0 Å². The summed E-state index contributed by atoms with van der Waals surface area (Å²) in [4.78, 5) is 30.1. The number of nitrogens with one attached hydrogen (secondary N) is 2. The fourth-order valence-electron chi connectivity index (χ4n) is 3.70. The molecule has 1 fully saturated rings. The van der Waals surface area contributed by atoms with E-state index in [0.717, 1.165) is 41.9 Å². The number of nitrogens with zero attached hydrogens (tertiary/aromatic N) is 1. The van der Waals surface area contributed by atoms with Gasteiger partial charge in [0.15, 0.2) is 0 Å². The molecule has 28 heavy (non-hydrogen) atoms. The minimum absolute atomic E-state index is 0.0263. The summed E-state index contributed by atoms with van der Waals surface area (Å²) >= 11 is 1.41. The molecule has 1 unspecified atom stereocenters. The fraction of sp³-hybridized carbons (Fsp3) is 0.476. The van der Waals surface area contributed by atoms with Crippen molar-refractivity contribution in [2.75, 3.05) is 6.61 Å². The maximum Gasteiger partial charge on any atom is 0.263 e. The summed E-state index contributed by atoms with van der Waals surface area (Å²) in [5.74, 6) is -0.180.